The summed E-state index contributed by atoms with van der Waals surface area (Å²) in [6.45, 7) is 0. The van der Waals surface area contributed by atoms with Gasteiger partial charge >= 0.3 is 0 Å². The first kappa shape index (κ1) is 14.7. The molecule has 0 saturated carbocycles. The van der Waals surface area contributed by atoms with E-state index in [4.69, 9.17) is 23.2 Å². The van der Waals surface area contributed by atoms with Crippen LogP contribution in [-0.4, -0.2) is 0 Å². The topological polar surface area (TPSA) is 0 Å². The normalized spacial score (nSPS) is 12.5. The molecule has 0 bridgehead atoms. The van der Waals surface area contributed by atoms with Crippen molar-refractivity contribution in [2.45, 2.75) is 4.83 Å². The lowest BCUT2D eigenvalue weighted by atomic mass is 10.0. The van der Waals surface area contributed by atoms with Gasteiger partial charge in [-0.25, -0.2) is 13.2 Å². The molecule has 0 fully saturated rings. The molecule has 0 spiro atoms. The second-order valence-electron chi connectivity index (χ2n) is 3.79. The van der Waals surface area contributed by atoms with Gasteiger partial charge in [0.15, 0.2) is 11.6 Å². The van der Waals surface area contributed by atoms with Gasteiger partial charge in [0.2, 0.25) is 0 Å². The molecule has 0 heterocycles. The maximum Gasteiger partial charge on any atom is 0.160 e. The minimum Gasteiger partial charge on any atom is -0.207 e. The fourth-order valence-electron chi connectivity index (χ4n) is 1.64. The fraction of sp³-hybridized carbons (Fsp3) is 0.0769. The SMILES string of the molecule is Fc1cc(Cl)c(C(Br)c2c(F)cccc2Cl)cc1F. The van der Waals surface area contributed by atoms with Gasteiger partial charge in [-0.05, 0) is 29.8 Å². The summed E-state index contributed by atoms with van der Waals surface area (Å²) in [6, 6.07) is 5.94. The summed E-state index contributed by atoms with van der Waals surface area (Å²) < 4.78 is 40.0. The van der Waals surface area contributed by atoms with Crippen LogP contribution in [0, 0.1) is 17.5 Å². The summed E-state index contributed by atoms with van der Waals surface area (Å²) in [4.78, 5) is -0.774. The third-order valence-electron chi connectivity index (χ3n) is 2.57. The van der Waals surface area contributed by atoms with Gasteiger partial charge < -0.3 is 0 Å². The summed E-state index contributed by atoms with van der Waals surface area (Å²) in [5.41, 5.74) is 0.324. The number of benzene rings is 2. The van der Waals surface area contributed by atoms with Gasteiger partial charge in [0.1, 0.15) is 5.82 Å². The Labute approximate surface area is 126 Å². The molecule has 0 nitrogen and oxygen atoms in total. The van der Waals surface area contributed by atoms with Gasteiger partial charge in [0.05, 0.1) is 4.83 Å². The van der Waals surface area contributed by atoms with Crippen molar-refractivity contribution in [2.75, 3.05) is 0 Å². The Bertz CT molecular complexity index is 611. The van der Waals surface area contributed by atoms with Crippen LogP contribution in [0.4, 0.5) is 13.2 Å². The van der Waals surface area contributed by atoms with Crippen LogP contribution in [-0.2, 0) is 0 Å². The van der Waals surface area contributed by atoms with Gasteiger partial charge in [0, 0.05) is 15.6 Å². The van der Waals surface area contributed by atoms with Crippen LogP contribution < -0.4 is 0 Å². The Morgan fingerprint density at radius 3 is 2.16 bits per heavy atom. The van der Waals surface area contributed by atoms with Crippen molar-refractivity contribution < 1.29 is 13.2 Å². The zero-order valence-corrected chi connectivity index (χ0v) is 12.3. The number of hydrogen-bond acceptors (Lipinski definition) is 0. The Morgan fingerprint density at radius 1 is 0.895 bits per heavy atom. The standard InChI is InChI=1S/C13H6BrCl2F3/c14-13(12-7(15)2-1-3-9(12)17)6-4-10(18)11(19)5-8(6)16/h1-5,13H. The van der Waals surface area contributed by atoms with E-state index in [-0.39, 0.29) is 21.2 Å². The van der Waals surface area contributed by atoms with Gasteiger partial charge in [-0.1, -0.05) is 45.2 Å². The molecule has 0 aliphatic rings. The van der Waals surface area contributed by atoms with Crippen molar-refractivity contribution in [2.24, 2.45) is 0 Å². The van der Waals surface area contributed by atoms with Crippen molar-refractivity contribution in [3.8, 4) is 0 Å². The largest absolute Gasteiger partial charge is 0.207 e. The van der Waals surface area contributed by atoms with Gasteiger partial charge in [-0.3, -0.25) is 0 Å². The lowest BCUT2D eigenvalue weighted by molar-refractivity contribution is 0.507. The molecule has 2 rings (SSSR count). The molecule has 2 aromatic carbocycles. The molecule has 0 aliphatic heterocycles. The zero-order chi connectivity index (χ0) is 14.2. The van der Waals surface area contributed by atoms with Crippen molar-refractivity contribution >= 4 is 39.1 Å². The van der Waals surface area contributed by atoms with Crippen molar-refractivity contribution in [3.63, 3.8) is 0 Å². The minimum absolute atomic E-state index is 0.0138. The second-order valence-corrected chi connectivity index (χ2v) is 5.52. The molecule has 100 valence electrons. The maximum absolute atomic E-state index is 13.8. The van der Waals surface area contributed by atoms with E-state index in [2.05, 4.69) is 15.9 Å². The lowest BCUT2D eigenvalue weighted by Gasteiger charge is -2.15. The van der Waals surface area contributed by atoms with E-state index in [1.54, 1.807) is 0 Å². The predicted molar refractivity (Wildman–Crippen MR) is 73.5 cm³/mol. The summed E-state index contributed by atoms with van der Waals surface area (Å²) in [5.74, 6) is -2.68. The van der Waals surface area contributed by atoms with Crippen molar-refractivity contribution in [3.05, 3.63) is 69.0 Å². The number of rotatable bonds is 2. The molecule has 19 heavy (non-hydrogen) atoms. The summed E-state index contributed by atoms with van der Waals surface area (Å²) in [7, 11) is 0. The molecule has 2 aromatic rings. The summed E-state index contributed by atoms with van der Waals surface area (Å²) in [5, 5.41) is 0.155. The van der Waals surface area contributed by atoms with E-state index in [1.165, 1.54) is 18.2 Å². The van der Waals surface area contributed by atoms with E-state index in [0.717, 1.165) is 12.1 Å². The molecule has 0 N–H and O–H groups in total. The highest BCUT2D eigenvalue weighted by Crippen LogP contribution is 2.40. The molecule has 0 radical (unpaired) electrons. The molecule has 0 aliphatic carbocycles. The van der Waals surface area contributed by atoms with Crippen LogP contribution in [0.2, 0.25) is 10.0 Å². The Hall–Kier alpha value is -0.710. The van der Waals surface area contributed by atoms with Crippen LogP contribution in [0.5, 0.6) is 0 Å². The number of hydrogen-bond donors (Lipinski definition) is 0. The van der Waals surface area contributed by atoms with E-state index in [9.17, 15) is 13.2 Å². The van der Waals surface area contributed by atoms with Crippen LogP contribution in [0.1, 0.15) is 16.0 Å². The molecule has 0 aromatic heterocycles. The molecule has 6 heteroatoms. The molecule has 1 atom stereocenters. The van der Waals surface area contributed by atoms with Crippen LogP contribution in [0.3, 0.4) is 0 Å². The molecular formula is C13H6BrCl2F3. The number of halogens is 6. The van der Waals surface area contributed by atoms with Crippen LogP contribution in [0.15, 0.2) is 30.3 Å². The monoisotopic (exact) mass is 368 g/mol. The highest BCUT2D eigenvalue weighted by molar-refractivity contribution is 9.09. The highest BCUT2D eigenvalue weighted by Gasteiger charge is 2.22. The quantitative estimate of drug-likeness (QED) is 0.457. The predicted octanol–water partition coefficient (Wildman–Crippen LogP) is 5.90. The molecule has 1 unspecified atom stereocenters. The average molecular weight is 370 g/mol. The lowest BCUT2D eigenvalue weighted by Crippen LogP contribution is -2.00. The Balaban J connectivity index is 2.56. The average Bonchev–Trinajstić information content (AvgIpc) is 2.33. The van der Waals surface area contributed by atoms with E-state index >= 15 is 0 Å². The fourth-order valence-corrected chi connectivity index (χ4v) is 3.28. The van der Waals surface area contributed by atoms with E-state index in [1.807, 2.05) is 0 Å². The first-order valence-corrected chi connectivity index (χ1v) is 6.81. The third-order valence-corrected chi connectivity index (χ3v) is 4.17. The van der Waals surface area contributed by atoms with Gasteiger partial charge in [0.25, 0.3) is 0 Å². The first-order chi connectivity index (χ1) is 8.91. The van der Waals surface area contributed by atoms with Crippen molar-refractivity contribution in [1.29, 1.82) is 0 Å². The molecule has 0 amide bonds. The summed E-state index contributed by atoms with van der Waals surface area (Å²) in [6.07, 6.45) is 0. The second kappa shape index (κ2) is 5.73. The van der Waals surface area contributed by atoms with Crippen LogP contribution in [0.25, 0.3) is 0 Å². The Morgan fingerprint density at radius 2 is 1.53 bits per heavy atom. The Kier molecular flexibility index (Phi) is 4.43. The molecule has 0 saturated heterocycles. The smallest absolute Gasteiger partial charge is 0.160 e. The summed E-state index contributed by atoms with van der Waals surface area (Å²) >= 11 is 15.0. The van der Waals surface area contributed by atoms with E-state index in [0.29, 0.717) is 0 Å². The van der Waals surface area contributed by atoms with Crippen molar-refractivity contribution in [1.82, 2.24) is 0 Å². The van der Waals surface area contributed by atoms with E-state index < -0.39 is 22.3 Å². The minimum atomic E-state index is -1.06. The third kappa shape index (κ3) is 2.91. The van der Waals surface area contributed by atoms with Crippen LogP contribution >= 0.6 is 39.1 Å². The zero-order valence-electron chi connectivity index (χ0n) is 9.23. The maximum atomic E-state index is 13.8. The molecular weight excluding hydrogens is 364 g/mol. The first-order valence-electron chi connectivity index (χ1n) is 5.14. The highest BCUT2D eigenvalue weighted by atomic mass is 79.9. The number of alkyl halides is 1. The van der Waals surface area contributed by atoms with Gasteiger partial charge in [-0.15, -0.1) is 0 Å². The van der Waals surface area contributed by atoms with Gasteiger partial charge in [-0.2, -0.15) is 0 Å².